The lowest BCUT2D eigenvalue weighted by Crippen LogP contribution is -2.23. The first-order valence-electron chi connectivity index (χ1n) is 9.25. The Kier molecular flexibility index (Phi) is 7.50. The van der Waals surface area contributed by atoms with Crippen LogP contribution in [-0.4, -0.2) is 42.2 Å². The van der Waals surface area contributed by atoms with Crippen LogP contribution in [0.25, 0.3) is 6.08 Å². The Morgan fingerprint density at radius 2 is 2.13 bits per heavy atom. The Morgan fingerprint density at radius 3 is 2.84 bits per heavy atom. The number of nitrogens with zero attached hydrogens (tertiary/aromatic N) is 3. The summed E-state index contributed by atoms with van der Waals surface area (Å²) < 4.78 is 11.0. The summed E-state index contributed by atoms with van der Waals surface area (Å²) in [4.78, 5) is 31.1. The summed E-state index contributed by atoms with van der Waals surface area (Å²) in [5, 5.41) is 9.14. The maximum Gasteiger partial charge on any atom is 0.338 e. The van der Waals surface area contributed by atoms with E-state index in [1.807, 2.05) is 12.1 Å². The van der Waals surface area contributed by atoms with Crippen molar-refractivity contribution in [2.24, 2.45) is 4.99 Å². The molecule has 31 heavy (non-hydrogen) atoms. The van der Waals surface area contributed by atoms with Crippen molar-refractivity contribution in [3.8, 4) is 11.8 Å². The van der Waals surface area contributed by atoms with Crippen LogP contribution in [0.15, 0.2) is 56.8 Å². The summed E-state index contributed by atoms with van der Waals surface area (Å²) in [6.45, 7) is 1.99. The second kappa shape index (κ2) is 10.3. The molecule has 0 radical (unpaired) electrons. The maximum absolute atomic E-state index is 12.7. The number of thioether (sulfide) groups is 1. The minimum absolute atomic E-state index is 0.0463. The summed E-state index contributed by atoms with van der Waals surface area (Å²) in [5.41, 5.74) is 1.75. The predicted octanol–water partition coefficient (Wildman–Crippen LogP) is 4.76. The Balaban J connectivity index is 1.82. The van der Waals surface area contributed by atoms with Gasteiger partial charge in [0, 0.05) is 7.05 Å². The fraction of sp³-hybridized carbons (Fsp3) is 0.182. The van der Waals surface area contributed by atoms with Gasteiger partial charge in [-0.25, -0.2) is 9.79 Å². The number of hydrogen-bond donors (Lipinski definition) is 0. The number of ether oxygens (including phenoxy) is 2. The molecule has 2 aromatic carbocycles. The average molecular weight is 500 g/mol. The van der Waals surface area contributed by atoms with Crippen LogP contribution < -0.4 is 4.74 Å². The second-order valence-corrected chi connectivity index (χ2v) is 8.14. The fourth-order valence-corrected chi connectivity index (χ4v) is 4.16. The van der Waals surface area contributed by atoms with Crippen LogP contribution >= 0.6 is 27.7 Å². The van der Waals surface area contributed by atoms with E-state index in [1.165, 1.54) is 16.7 Å². The van der Waals surface area contributed by atoms with Crippen molar-refractivity contribution < 1.29 is 19.1 Å². The number of halogens is 1. The van der Waals surface area contributed by atoms with Gasteiger partial charge in [0.05, 0.1) is 27.2 Å². The first kappa shape index (κ1) is 22.6. The van der Waals surface area contributed by atoms with Crippen LogP contribution in [0.1, 0.15) is 22.8 Å². The molecule has 0 saturated carbocycles. The van der Waals surface area contributed by atoms with Gasteiger partial charge in [0.25, 0.3) is 5.91 Å². The van der Waals surface area contributed by atoms with E-state index in [0.717, 1.165) is 5.56 Å². The van der Waals surface area contributed by atoms with Crippen LogP contribution in [0.5, 0.6) is 5.75 Å². The predicted molar refractivity (Wildman–Crippen MR) is 123 cm³/mol. The van der Waals surface area contributed by atoms with Gasteiger partial charge in [-0.2, -0.15) is 5.26 Å². The molecule has 1 amide bonds. The highest BCUT2D eigenvalue weighted by Crippen LogP contribution is 2.34. The molecule has 1 fully saturated rings. The maximum atomic E-state index is 12.7. The molecule has 0 unspecified atom stereocenters. The van der Waals surface area contributed by atoms with E-state index < -0.39 is 5.97 Å². The lowest BCUT2D eigenvalue weighted by molar-refractivity contribution is -0.121. The highest BCUT2D eigenvalue weighted by molar-refractivity contribution is 9.10. The third kappa shape index (κ3) is 5.54. The first-order chi connectivity index (χ1) is 14.9. The van der Waals surface area contributed by atoms with Crippen molar-refractivity contribution in [3.05, 3.63) is 63.0 Å². The van der Waals surface area contributed by atoms with E-state index in [-0.39, 0.29) is 12.5 Å². The number of amides is 1. The summed E-state index contributed by atoms with van der Waals surface area (Å²) in [5.74, 6) is -0.0393. The van der Waals surface area contributed by atoms with Gasteiger partial charge >= 0.3 is 5.97 Å². The smallest absolute Gasteiger partial charge is 0.338 e. The van der Waals surface area contributed by atoms with Gasteiger partial charge in [0.2, 0.25) is 0 Å². The number of benzene rings is 2. The summed E-state index contributed by atoms with van der Waals surface area (Å²) in [7, 11) is 1.65. The molecule has 0 aromatic heterocycles. The van der Waals surface area contributed by atoms with Crippen molar-refractivity contribution in [1.29, 1.82) is 5.26 Å². The quantitative estimate of drug-likeness (QED) is 0.420. The van der Waals surface area contributed by atoms with E-state index in [4.69, 9.17) is 14.7 Å². The molecule has 0 bridgehead atoms. The Hall–Kier alpha value is -3.09. The topological polar surface area (TPSA) is 92.0 Å². The summed E-state index contributed by atoms with van der Waals surface area (Å²) >= 11 is 4.66. The molecule has 1 aliphatic rings. The third-order valence-corrected chi connectivity index (χ3v) is 5.81. The molecule has 7 nitrogen and oxygen atoms in total. The van der Waals surface area contributed by atoms with Gasteiger partial charge < -0.3 is 9.47 Å². The van der Waals surface area contributed by atoms with E-state index in [9.17, 15) is 9.59 Å². The Labute approximate surface area is 192 Å². The van der Waals surface area contributed by atoms with E-state index in [0.29, 0.717) is 38.2 Å². The summed E-state index contributed by atoms with van der Waals surface area (Å²) in [6.07, 6.45) is 1.76. The molecule has 3 rings (SSSR count). The molecule has 0 aliphatic carbocycles. The van der Waals surface area contributed by atoms with Gasteiger partial charge in [-0.3, -0.25) is 9.69 Å². The van der Waals surface area contributed by atoms with Crippen molar-refractivity contribution in [3.63, 3.8) is 0 Å². The Bertz CT molecular complexity index is 1120. The zero-order valence-corrected chi connectivity index (χ0v) is 19.2. The van der Waals surface area contributed by atoms with Crippen LogP contribution in [0.4, 0.5) is 5.69 Å². The molecule has 0 atom stereocenters. The van der Waals surface area contributed by atoms with Gasteiger partial charge in [-0.15, -0.1) is 0 Å². The highest BCUT2D eigenvalue weighted by atomic mass is 79.9. The molecule has 158 valence electrons. The number of hydrogen-bond acceptors (Lipinski definition) is 7. The lowest BCUT2D eigenvalue weighted by Gasteiger charge is -2.08. The van der Waals surface area contributed by atoms with Crippen molar-refractivity contribution in [2.45, 2.75) is 6.92 Å². The van der Waals surface area contributed by atoms with Gasteiger partial charge in [0.15, 0.2) is 11.8 Å². The molecule has 1 aliphatic heterocycles. The van der Waals surface area contributed by atoms with Crippen molar-refractivity contribution in [1.82, 2.24) is 4.90 Å². The number of aliphatic imine (C=N–C) groups is 1. The third-order valence-electron chi connectivity index (χ3n) is 4.13. The van der Waals surface area contributed by atoms with E-state index in [2.05, 4.69) is 20.9 Å². The monoisotopic (exact) mass is 499 g/mol. The van der Waals surface area contributed by atoms with Crippen LogP contribution in [-0.2, 0) is 9.53 Å². The Morgan fingerprint density at radius 1 is 1.32 bits per heavy atom. The summed E-state index contributed by atoms with van der Waals surface area (Å²) in [6, 6.07) is 14.0. The largest absolute Gasteiger partial charge is 0.478 e. The average Bonchev–Trinajstić information content (AvgIpc) is 3.01. The fourth-order valence-electron chi connectivity index (χ4n) is 2.66. The number of carbonyl (C=O) groups is 2. The standard InChI is InChI=1S/C22H18BrN3O4S/c1-3-29-21(28)15-5-4-6-16(13-15)25-22-26(2)20(27)19(31-22)12-14-7-8-18(17(23)11-14)30-10-9-24/h4-8,11-13H,3,10H2,1-2H3. The number of likely N-dealkylation sites (N-methyl/N-ethyl adjacent to an activating group) is 1. The molecule has 0 N–H and O–H groups in total. The minimum Gasteiger partial charge on any atom is -0.478 e. The normalized spacial score (nSPS) is 15.9. The van der Waals surface area contributed by atoms with Gasteiger partial charge in [-0.1, -0.05) is 12.1 Å². The van der Waals surface area contributed by atoms with Crippen molar-refractivity contribution >= 4 is 56.5 Å². The molecule has 1 saturated heterocycles. The van der Waals surface area contributed by atoms with Crippen molar-refractivity contribution in [2.75, 3.05) is 20.3 Å². The number of esters is 1. The van der Waals surface area contributed by atoms with Gasteiger partial charge in [0.1, 0.15) is 11.8 Å². The lowest BCUT2D eigenvalue weighted by atomic mass is 10.2. The molecular formula is C22H18BrN3O4S. The van der Waals surface area contributed by atoms with Crippen LogP contribution in [0.3, 0.4) is 0 Å². The minimum atomic E-state index is -0.415. The van der Waals surface area contributed by atoms with E-state index in [1.54, 1.807) is 56.4 Å². The molecule has 1 heterocycles. The second-order valence-electron chi connectivity index (χ2n) is 6.28. The molecule has 9 heteroatoms. The van der Waals surface area contributed by atoms with Crippen LogP contribution in [0, 0.1) is 11.3 Å². The SMILES string of the molecule is CCOC(=O)c1cccc(N=C2SC(=Cc3ccc(OCC#N)c(Br)c3)C(=O)N2C)c1. The zero-order chi connectivity index (χ0) is 22.4. The molecule has 0 spiro atoms. The van der Waals surface area contributed by atoms with Gasteiger partial charge in [-0.05, 0) is 76.6 Å². The number of carbonyl (C=O) groups excluding carboxylic acids is 2. The highest BCUT2D eigenvalue weighted by Gasteiger charge is 2.30. The first-order valence-corrected chi connectivity index (χ1v) is 10.9. The van der Waals surface area contributed by atoms with E-state index >= 15 is 0 Å². The number of rotatable bonds is 6. The molecular weight excluding hydrogens is 482 g/mol. The number of nitriles is 1. The number of amidine groups is 1. The zero-order valence-electron chi connectivity index (χ0n) is 16.8. The molecule has 2 aromatic rings. The van der Waals surface area contributed by atoms with Crippen LogP contribution in [0.2, 0.25) is 0 Å².